The number of aliphatic hydroxyl groups excluding tert-OH is 1. The Balaban J connectivity index is 2.63. The van der Waals surface area contributed by atoms with E-state index in [1.54, 1.807) is 6.07 Å². The van der Waals surface area contributed by atoms with Crippen LogP contribution in [0.3, 0.4) is 0 Å². The van der Waals surface area contributed by atoms with Crippen molar-refractivity contribution in [1.29, 1.82) is 0 Å². The first kappa shape index (κ1) is 12.7. The Labute approximate surface area is 104 Å². The third-order valence-electron chi connectivity index (χ3n) is 2.86. The molecule has 3 nitrogen and oxygen atoms in total. The number of hydrogen-bond donors (Lipinski definition) is 1. The second kappa shape index (κ2) is 4.86. The molecule has 0 atom stereocenters. The summed E-state index contributed by atoms with van der Waals surface area (Å²) in [5.41, 5.74) is 2.36. The molecule has 0 radical (unpaired) electrons. The normalized spacial score (nSPS) is 11.2. The summed E-state index contributed by atoms with van der Waals surface area (Å²) in [6.07, 6.45) is -1.39. The lowest BCUT2D eigenvalue weighted by molar-refractivity contribution is 0.138. The number of halogens is 2. The van der Waals surface area contributed by atoms with E-state index in [0.29, 0.717) is 5.69 Å². The third-order valence-corrected chi connectivity index (χ3v) is 2.86. The Kier molecular flexibility index (Phi) is 3.43. The van der Waals surface area contributed by atoms with Crippen molar-refractivity contribution in [2.45, 2.75) is 26.9 Å². The lowest BCUT2D eigenvalue weighted by Gasteiger charge is -2.11. The number of nitrogens with zero attached hydrogens (tertiary/aromatic N) is 2. The minimum Gasteiger partial charge on any atom is -0.392 e. The predicted molar refractivity (Wildman–Crippen MR) is 63.9 cm³/mol. The average molecular weight is 252 g/mol. The van der Waals surface area contributed by atoms with Crippen LogP contribution in [0.1, 0.15) is 28.8 Å². The van der Waals surface area contributed by atoms with Gasteiger partial charge in [0.2, 0.25) is 0 Å². The SMILES string of the molecule is Cc1ccc(C)c(-n2ncc(CO)c2C(F)F)c1. The van der Waals surface area contributed by atoms with Crippen molar-refractivity contribution in [2.24, 2.45) is 0 Å². The predicted octanol–water partition coefficient (Wildman–Crippen LogP) is 2.92. The molecule has 1 aromatic carbocycles. The molecule has 0 spiro atoms. The minimum atomic E-state index is -2.67. The molecule has 0 saturated carbocycles. The standard InChI is InChI=1S/C13H14F2N2O/c1-8-3-4-9(2)11(5-8)17-12(13(14)15)10(7-18)6-16-17/h3-6,13,18H,7H2,1-2H3. The fourth-order valence-corrected chi connectivity index (χ4v) is 1.89. The summed E-state index contributed by atoms with van der Waals surface area (Å²) >= 11 is 0. The molecule has 18 heavy (non-hydrogen) atoms. The molecule has 0 aliphatic carbocycles. The molecule has 1 aromatic heterocycles. The van der Waals surface area contributed by atoms with Gasteiger partial charge in [-0.05, 0) is 31.0 Å². The van der Waals surface area contributed by atoms with E-state index in [0.717, 1.165) is 11.1 Å². The van der Waals surface area contributed by atoms with E-state index in [1.165, 1.54) is 10.9 Å². The van der Waals surface area contributed by atoms with Crippen molar-refractivity contribution in [1.82, 2.24) is 9.78 Å². The van der Waals surface area contributed by atoms with Gasteiger partial charge in [-0.2, -0.15) is 5.10 Å². The van der Waals surface area contributed by atoms with E-state index in [-0.39, 0.29) is 11.3 Å². The molecule has 2 rings (SSSR count). The zero-order valence-corrected chi connectivity index (χ0v) is 10.2. The number of rotatable bonds is 3. The Morgan fingerprint density at radius 1 is 1.33 bits per heavy atom. The quantitative estimate of drug-likeness (QED) is 0.912. The number of aromatic nitrogens is 2. The number of benzene rings is 1. The fraction of sp³-hybridized carbons (Fsp3) is 0.308. The van der Waals surface area contributed by atoms with Gasteiger partial charge in [0.15, 0.2) is 0 Å². The molecule has 0 saturated heterocycles. The van der Waals surface area contributed by atoms with E-state index < -0.39 is 13.0 Å². The summed E-state index contributed by atoms with van der Waals surface area (Å²) in [6.45, 7) is 3.29. The first-order chi connectivity index (χ1) is 8.54. The van der Waals surface area contributed by atoms with Crippen molar-refractivity contribution in [3.63, 3.8) is 0 Å². The first-order valence-corrected chi connectivity index (χ1v) is 5.58. The van der Waals surface area contributed by atoms with Gasteiger partial charge in [0.25, 0.3) is 6.43 Å². The van der Waals surface area contributed by atoms with Gasteiger partial charge in [0.05, 0.1) is 18.5 Å². The molecule has 0 aliphatic rings. The number of alkyl halides is 2. The minimum absolute atomic E-state index is 0.158. The van der Waals surface area contributed by atoms with Gasteiger partial charge < -0.3 is 5.11 Å². The van der Waals surface area contributed by atoms with Crippen LogP contribution in [0.25, 0.3) is 5.69 Å². The van der Waals surface area contributed by atoms with Crippen LogP contribution in [0, 0.1) is 13.8 Å². The van der Waals surface area contributed by atoms with Gasteiger partial charge >= 0.3 is 0 Å². The van der Waals surface area contributed by atoms with Crippen molar-refractivity contribution in [2.75, 3.05) is 0 Å². The molecule has 1 heterocycles. The van der Waals surface area contributed by atoms with Crippen molar-refractivity contribution in [3.8, 4) is 5.69 Å². The maximum absolute atomic E-state index is 13.1. The molecule has 0 amide bonds. The topological polar surface area (TPSA) is 38.0 Å². The Morgan fingerprint density at radius 3 is 2.67 bits per heavy atom. The van der Waals surface area contributed by atoms with Gasteiger partial charge in [-0.3, -0.25) is 0 Å². The second-order valence-corrected chi connectivity index (χ2v) is 4.22. The van der Waals surface area contributed by atoms with E-state index in [1.807, 2.05) is 26.0 Å². The van der Waals surface area contributed by atoms with Gasteiger partial charge in [-0.15, -0.1) is 0 Å². The highest BCUT2D eigenvalue weighted by Gasteiger charge is 2.21. The van der Waals surface area contributed by atoms with Crippen LogP contribution < -0.4 is 0 Å². The second-order valence-electron chi connectivity index (χ2n) is 4.22. The fourth-order valence-electron chi connectivity index (χ4n) is 1.89. The Hall–Kier alpha value is -1.75. The molecule has 96 valence electrons. The van der Waals surface area contributed by atoms with Crippen molar-refractivity contribution < 1.29 is 13.9 Å². The van der Waals surface area contributed by atoms with Crippen LogP contribution in [0.4, 0.5) is 8.78 Å². The maximum Gasteiger partial charge on any atom is 0.280 e. The summed E-state index contributed by atoms with van der Waals surface area (Å²) in [4.78, 5) is 0. The monoisotopic (exact) mass is 252 g/mol. The third kappa shape index (κ3) is 2.13. The van der Waals surface area contributed by atoms with Gasteiger partial charge in [-0.1, -0.05) is 12.1 Å². The van der Waals surface area contributed by atoms with Crippen LogP contribution in [-0.2, 0) is 6.61 Å². The maximum atomic E-state index is 13.1. The van der Waals surface area contributed by atoms with Crippen LogP contribution in [-0.4, -0.2) is 14.9 Å². The number of hydrogen-bond acceptors (Lipinski definition) is 2. The highest BCUT2D eigenvalue weighted by Crippen LogP contribution is 2.27. The Morgan fingerprint density at radius 2 is 2.06 bits per heavy atom. The average Bonchev–Trinajstić information content (AvgIpc) is 2.75. The summed E-state index contributed by atoms with van der Waals surface area (Å²) in [6, 6.07) is 5.58. The van der Waals surface area contributed by atoms with E-state index in [9.17, 15) is 8.78 Å². The van der Waals surface area contributed by atoms with Gasteiger partial charge in [0, 0.05) is 5.56 Å². The zero-order chi connectivity index (χ0) is 13.3. The molecule has 0 aliphatic heterocycles. The molecule has 0 bridgehead atoms. The summed E-state index contributed by atoms with van der Waals surface area (Å²) in [5, 5.41) is 13.0. The van der Waals surface area contributed by atoms with Crippen LogP contribution in [0.5, 0.6) is 0 Å². The summed E-state index contributed by atoms with van der Waals surface area (Å²) in [5.74, 6) is 0. The van der Waals surface area contributed by atoms with Crippen molar-refractivity contribution >= 4 is 0 Å². The molecule has 0 unspecified atom stereocenters. The number of aryl methyl sites for hydroxylation is 2. The Bertz CT molecular complexity index is 564. The van der Waals surface area contributed by atoms with Gasteiger partial charge in [0.1, 0.15) is 5.69 Å². The summed E-state index contributed by atoms with van der Waals surface area (Å²) < 4.78 is 27.3. The van der Waals surface area contributed by atoms with E-state index >= 15 is 0 Å². The van der Waals surface area contributed by atoms with Crippen molar-refractivity contribution in [3.05, 3.63) is 46.8 Å². The molecular formula is C13H14F2N2O. The molecular weight excluding hydrogens is 238 g/mol. The molecule has 5 heteroatoms. The lowest BCUT2D eigenvalue weighted by atomic mass is 10.1. The molecule has 2 aromatic rings. The van der Waals surface area contributed by atoms with Crippen LogP contribution >= 0.6 is 0 Å². The van der Waals surface area contributed by atoms with Crippen LogP contribution in [0.2, 0.25) is 0 Å². The highest BCUT2D eigenvalue weighted by atomic mass is 19.3. The van der Waals surface area contributed by atoms with E-state index in [4.69, 9.17) is 5.11 Å². The zero-order valence-electron chi connectivity index (χ0n) is 10.2. The lowest BCUT2D eigenvalue weighted by Crippen LogP contribution is -2.06. The molecule has 1 N–H and O–H groups in total. The smallest absolute Gasteiger partial charge is 0.280 e. The number of aliphatic hydroxyl groups is 1. The van der Waals surface area contributed by atoms with Gasteiger partial charge in [-0.25, -0.2) is 13.5 Å². The molecule has 0 fully saturated rings. The van der Waals surface area contributed by atoms with E-state index in [2.05, 4.69) is 5.10 Å². The summed E-state index contributed by atoms with van der Waals surface area (Å²) in [7, 11) is 0. The highest BCUT2D eigenvalue weighted by molar-refractivity contribution is 5.44. The first-order valence-electron chi connectivity index (χ1n) is 5.58. The van der Waals surface area contributed by atoms with Crippen LogP contribution in [0.15, 0.2) is 24.4 Å². The largest absolute Gasteiger partial charge is 0.392 e.